The Morgan fingerprint density at radius 1 is 1.37 bits per heavy atom. The van der Waals surface area contributed by atoms with Crippen molar-refractivity contribution in [2.75, 3.05) is 16.9 Å². The summed E-state index contributed by atoms with van der Waals surface area (Å²) in [6.07, 6.45) is 3.65. The molecule has 0 unspecified atom stereocenters. The lowest BCUT2D eigenvalue weighted by atomic mass is 9.96. The molecule has 1 fully saturated rings. The van der Waals surface area contributed by atoms with Crippen LogP contribution in [0, 0.1) is 0 Å². The average Bonchev–Trinajstić information content (AvgIpc) is 3.18. The van der Waals surface area contributed by atoms with Crippen LogP contribution in [0.2, 0.25) is 0 Å². The summed E-state index contributed by atoms with van der Waals surface area (Å²) in [6, 6.07) is 2.59. The number of hydrogen-bond acceptors (Lipinski definition) is 5. The van der Waals surface area contributed by atoms with E-state index in [-0.39, 0.29) is 5.41 Å². The fourth-order valence-corrected chi connectivity index (χ4v) is 2.10. The normalized spacial score (nSPS) is 15.4. The van der Waals surface area contributed by atoms with Crippen LogP contribution in [-0.2, 0) is 5.41 Å². The summed E-state index contributed by atoms with van der Waals surface area (Å²) >= 11 is 0. The molecule has 0 aromatic carbocycles. The zero-order chi connectivity index (χ0) is 14.0. The van der Waals surface area contributed by atoms with Gasteiger partial charge in [-0.15, -0.1) is 0 Å². The molecule has 0 aliphatic heterocycles. The highest BCUT2D eigenvalue weighted by Gasteiger charge is 2.30. The lowest BCUT2D eigenvalue weighted by molar-refractivity contribution is 0.544. The van der Waals surface area contributed by atoms with Gasteiger partial charge in [0.2, 0.25) is 0 Å². The number of nitrogens with two attached hydrogens (primary N) is 1. The minimum Gasteiger partial charge on any atom is -0.353 e. The van der Waals surface area contributed by atoms with Gasteiger partial charge in [0.25, 0.3) is 0 Å². The van der Waals surface area contributed by atoms with Crippen molar-refractivity contribution >= 4 is 11.6 Å². The van der Waals surface area contributed by atoms with Crippen molar-refractivity contribution in [3.05, 3.63) is 11.9 Å². The molecule has 5 heteroatoms. The van der Waals surface area contributed by atoms with Crippen molar-refractivity contribution in [1.82, 2.24) is 9.97 Å². The lowest BCUT2D eigenvalue weighted by Crippen LogP contribution is -2.29. The molecule has 1 aliphatic rings. The topological polar surface area (TPSA) is 67.1 Å². The molecule has 3 N–H and O–H groups in total. The van der Waals surface area contributed by atoms with Crippen molar-refractivity contribution in [3.8, 4) is 0 Å². The molecule has 19 heavy (non-hydrogen) atoms. The van der Waals surface area contributed by atoms with Gasteiger partial charge < -0.3 is 10.3 Å². The maximum absolute atomic E-state index is 5.54. The summed E-state index contributed by atoms with van der Waals surface area (Å²) in [5, 5.41) is 0. The van der Waals surface area contributed by atoms with E-state index in [1.807, 2.05) is 6.07 Å². The van der Waals surface area contributed by atoms with E-state index in [1.54, 1.807) is 0 Å². The first-order valence-electron chi connectivity index (χ1n) is 7.08. The Bertz CT molecular complexity index is 434. The Labute approximate surface area is 115 Å². The summed E-state index contributed by atoms with van der Waals surface area (Å²) in [4.78, 5) is 11.6. The molecule has 0 radical (unpaired) electrons. The molecule has 1 saturated carbocycles. The maximum Gasteiger partial charge on any atom is 0.145 e. The molecule has 5 nitrogen and oxygen atoms in total. The van der Waals surface area contributed by atoms with Crippen LogP contribution in [0.5, 0.6) is 0 Å². The monoisotopic (exact) mass is 263 g/mol. The summed E-state index contributed by atoms with van der Waals surface area (Å²) < 4.78 is 0. The SMILES string of the molecule is CCCN(c1cc(NN)nc(C(C)(C)C)n1)C1CC1. The van der Waals surface area contributed by atoms with Crippen molar-refractivity contribution in [1.29, 1.82) is 0 Å². The standard InChI is InChI=1S/C14H25N5/c1-5-8-19(10-6-7-10)12-9-11(18-15)16-13(17-12)14(2,3)4/h9-10H,5-8,15H2,1-4H3,(H,16,17,18). The molecule has 1 heterocycles. The summed E-state index contributed by atoms with van der Waals surface area (Å²) in [7, 11) is 0. The van der Waals surface area contributed by atoms with Gasteiger partial charge in [0, 0.05) is 24.1 Å². The summed E-state index contributed by atoms with van der Waals surface area (Å²) in [5.41, 5.74) is 2.58. The fraction of sp³-hybridized carbons (Fsp3) is 0.714. The third kappa shape index (κ3) is 3.35. The van der Waals surface area contributed by atoms with Crippen LogP contribution in [0.4, 0.5) is 11.6 Å². The third-order valence-electron chi connectivity index (χ3n) is 3.28. The quantitative estimate of drug-likeness (QED) is 0.631. The molecule has 0 bridgehead atoms. The predicted octanol–water partition coefficient (Wildman–Crippen LogP) is 2.44. The Hall–Kier alpha value is -1.36. The van der Waals surface area contributed by atoms with Crippen LogP contribution in [0.15, 0.2) is 6.07 Å². The van der Waals surface area contributed by atoms with Gasteiger partial charge >= 0.3 is 0 Å². The number of nitrogens with one attached hydrogen (secondary N) is 1. The van der Waals surface area contributed by atoms with Crippen molar-refractivity contribution in [2.24, 2.45) is 5.84 Å². The number of hydrazine groups is 1. The third-order valence-corrected chi connectivity index (χ3v) is 3.28. The molecule has 0 spiro atoms. The number of aromatic nitrogens is 2. The number of nitrogens with zero attached hydrogens (tertiary/aromatic N) is 3. The molecule has 0 atom stereocenters. The highest BCUT2D eigenvalue weighted by atomic mass is 15.3. The van der Waals surface area contributed by atoms with E-state index in [2.05, 4.69) is 43.0 Å². The first kappa shape index (κ1) is 14.1. The van der Waals surface area contributed by atoms with E-state index < -0.39 is 0 Å². The zero-order valence-electron chi connectivity index (χ0n) is 12.4. The fourth-order valence-electron chi connectivity index (χ4n) is 2.10. The Morgan fingerprint density at radius 3 is 2.53 bits per heavy atom. The van der Waals surface area contributed by atoms with Gasteiger partial charge in [-0.2, -0.15) is 0 Å². The lowest BCUT2D eigenvalue weighted by Gasteiger charge is -2.26. The molecule has 1 aromatic rings. The Morgan fingerprint density at radius 2 is 2.05 bits per heavy atom. The van der Waals surface area contributed by atoms with Gasteiger partial charge in [-0.3, -0.25) is 0 Å². The first-order valence-corrected chi connectivity index (χ1v) is 7.08. The highest BCUT2D eigenvalue weighted by Crippen LogP contribution is 2.32. The number of hydrogen-bond donors (Lipinski definition) is 2. The van der Waals surface area contributed by atoms with E-state index in [1.165, 1.54) is 12.8 Å². The smallest absolute Gasteiger partial charge is 0.145 e. The predicted molar refractivity (Wildman–Crippen MR) is 79.2 cm³/mol. The van der Waals surface area contributed by atoms with Crippen molar-refractivity contribution in [3.63, 3.8) is 0 Å². The first-order chi connectivity index (χ1) is 8.95. The van der Waals surface area contributed by atoms with Crippen LogP contribution < -0.4 is 16.2 Å². The number of anilines is 2. The maximum atomic E-state index is 5.54. The minimum atomic E-state index is -0.0803. The van der Waals surface area contributed by atoms with Gasteiger partial charge in [0.1, 0.15) is 17.5 Å². The van der Waals surface area contributed by atoms with E-state index in [4.69, 9.17) is 10.8 Å². The van der Waals surface area contributed by atoms with Crippen molar-refractivity contribution in [2.45, 2.75) is 58.4 Å². The van der Waals surface area contributed by atoms with Crippen molar-refractivity contribution < 1.29 is 0 Å². The van der Waals surface area contributed by atoms with E-state index in [0.29, 0.717) is 11.9 Å². The largest absolute Gasteiger partial charge is 0.353 e. The molecule has 1 aromatic heterocycles. The Kier molecular flexibility index (Phi) is 3.94. The van der Waals surface area contributed by atoms with Crippen LogP contribution in [0.25, 0.3) is 0 Å². The molecular formula is C14H25N5. The minimum absolute atomic E-state index is 0.0803. The average molecular weight is 263 g/mol. The van der Waals surface area contributed by atoms with Crippen LogP contribution in [0.3, 0.4) is 0 Å². The molecule has 2 rings (SSSR count). The molecule has 0 amide bonds. The Balaban J connectivity index is 2.37. The van der Waals surface area contributed by atoms with E-state index in [0.717, 1.165) is 24.6 Å². The summed E-state index contributed by atoms with van der Waals surface area (Å²) in [6.45, 7) is 9.59. The molecule has 106 valence electrons. The van der Waals surface area contributed by atoms with Gasteiger partial charge in [-0.1, -0.05) is 27.7 Å². The molecule has 0 saturated heterocycles. The van der Waals surface area contributed by atoms with Crippen LogP contribution in [0.1, 0.15) is 52.8 Å². The van der Waals surface area contributed by atoms with Gasteiger partial charge in [-0.05, 0) is 19.3 Å². The van der Waals surface area contributed by atoms with Gasteiger partial charge in [0.15, 0.2) is 0 Å². The second-order valence-electron chi connectivity index (χ2n) is 6.25. The number of nitrogen functional groups attached to an aromatic ring is 1. The molecule has 1 aliphatic carbocycles. The summed E-state index contributed by atoms with van der Waals surface area (Å²) in [5.74, 6) is 8.06. The number of rotatable bonds is 5. The van der Waals surface area contributed by atoms with Gasteiger partial charge in [0.05, 0.1) is 0 Å². The van der Waals surface area contributed by atoms with E-state index >= 15 is 0 Å². The molecular weight excluding hydrogens is 238 g/mol. The zero-order valence-corrected chi connectivity index (χ0v) is 12.4. The van der Waals surface area contributed by atoms with E-state index in [9.17, 15) is 0 Å². The highest BCUT2D eigenvalue weighted by molar-refractivity contribution is 5.51. The van der Waals surface area contributed by atoms with Gasteiger partial charge in [-0.25, -0.2) is 15.8 Å². The van der Waals surface area contributed by atoms with Crippen LogP contribution in [-0.4, -0.2) is 22.6 Å². The van der Waals surface area contributed by atoms with Crippen LogP contribution >= 0.6 is 0 Å². The second kappa shape index (κ2) is 5.33. The second-order valence-corrected chi connectivity index (χ2v) is 6.25.